The Bertz CT molecular complexity index is 749. The Hall–Kier alpha value is -1.99. The van der Waals surface area contributed by atoms with E-state index in [0.29, 0.717) is 0 Å². The Labute approximate surface area is 151 Å². The summed E-state index contributed by atoms with van der Waals surface area (Å²) in [7, 11) is 0. The summed E-state index contributed by atoms with van der Waals surface area (Å²) < 4.78 is 28.2. The van der Waals surface area contributed by atoms with E-state index in [2.05, 4.69) is 15.7 Å². The van der Waals surface area contributed by atoms with Crippen LogP contribution in [0.15, 0.2) is 30.3 Å². The van der Waals surface area contributed by atoms with Crippen molar-refractivity contribution in [2.24, 2.45) is 0 Å². The number of hydrogen-bond donors (Lipinski definition) is 2. The van der Waals surface area contributed by atoms with E-state index >= 15 is 0 Å². The van der Waals surface area contributed by atoms with E-state index in [1.54, 1.807) is 0 Å². The molecule has 2 heterocycles. The summed E-state index contributed by atoms with van der Waals surface area (Å²) in [6.45, 7) is 3.62. The predicted molar refractivity (Wildman–Crippen MR) is 93.5 cm³/mol. The maximum absolute atomic E-state index is 13.2. The molecule has 1 aromatic carbocycles. The highest BCUT2D eigenvalue weighted by Crippen LogP contribution is 2.25. The zero-order chi connectivity index (χ0) is 17.3. The molecule has 0 saturated carbocycles. The molecule has 1 unspecified atom stereocenters. The standard InChI is InChI=1S/C17H20F2N4O.ClH/c1-11-14(9-20-16(24)15-8-17(18,19)10-21-15)12(2)23(22-11)13-6-4-3-5-7-13;/h3-7,15,21H,8-10H2,1-2H3,(H,20,24);1H. The van der Waals surface area contributed by atoms with Crippen LogP contribution >= 0.6 is 12.4 Å². The van der Waals surface area contributed by atoms with E-state index in [9.17, 15) is 13.6 Å². The van der Waals surface area contributed by atoms with Crippen molar-refractivity contribution in [1.82, 2.24) is 20.4 Å². The van der Waals surface area contributed by atoms with Crippen molar-refractivity contribution in [1.29, 1.82) is 0 Å². The highest BCUT2D eigenvalue weighted by Gasteiger charge is 2.42. The van der Waals surface area contributed by atoms with Gasteiger partial charge in [0.1, 0.15) is 0 Å². The summed E-state index contributed by atoms with van der Waals surface area (Å²) in [5.41, 5.74) is 3.56. The second-order valence-corrected chi connectivity index (χ2v) is 6.11. The Morgan fingerprint density at radius 2 is 2.04 bits per heavy atom. The summed E-state index contributed by atoms with van der Waals surface area (Å²) in [5, 5.41) is 9.81. The highest BCUT2D eigenvalue weighted by atomic mass is 35.5. The van der Waals surface area contributed by atoms with E-state index in [1.807, 2.05) is 48.9 Å². The molecule has 8 heteroatoms. The molecule has 2 N–H and O–H groups in total. The van der Waals surface area contributed by atoms with Crippen LogP contribution in [0.4, 0.5) is 8.78 Å². The lowest BCUT2D eigenvalue weighted by Gasteiger charge is -2.11. The van der Waals surface area contributed by atoms with Gasteiger partial charge in [-0.1, -0.05) is 18.2 Å². The quantitative estimate of drug-likeness (QED) is 0.869. The first kappa shape index (κ1) is 19.3. The Morgan fingerprint density at radius 3 is 2.64 bits per heavy atom. The van der Waals surface area contributed by atoms with Crippen molar-refractivity contribution in [3.05, 3.63) is 47.3 Å². The van der Waals surface area contributed by atoms with Crippen molar-refractivity contribution in [3.8, 4) is 5.69 Å². The Kier molecular flexibility index (Phi) is 5.80. The number of benzene rings is 1. The third-order valence-electron chi connectivity index (χ3n) is 4.31. The number of aryl methyl sites for hydroxylation is 1. The summed E-state index contributed by atoms with van der Waals surface area (Å²) >= 11 is 0. The fourth-order valence-corrected chi connectivity index (χ4v) is 2.95. The smallest absolute Gasteiger partial charge is 0.262 e. The summed E-state index contributed by atoms with van der Waals surface area (Å²) in [6, 6.07) is 8.85. The van der Waals surface area contributed by atoms with Gasteiger partial charge in [-0.3, -0.25) is 10.1 Å². The van der Waals surface area contributed by atoms with Crippen molar-refractivity contribution in [2.45, 2.75) is 38.8 Å². The first-order chi connectivity index (χ1) is 11.4. The molecule has 0 aliphatic carbocycles. The first-order valence-corrected chi connectivity index (χ1v) is 7.87. The van der Waals surface area contributed by atoms with Gasteiger partial charge in [0, 0.05) is 24.2 Å². The largest absolute Gasteiger partial charge is 0.351 e. The van der Waals surface area contributed by atoms with Gasteiger partial charge in [-0.25, -0.2) is 13.5 Å². The van der Waals surface area contributed by atoms with Crippen molar-refractivity contribution >= 4 is 18.3 Å². The van der Waals surface area contributed by atoms with E-state index < -0.39 is 30.8 Å². The summed E-state index contributed by atoms with van der Waals surface area (Å²) in [4.78, 5) is 12.1. The monoisotopic (exact) mass is 370 g/mol. The van der Waals surface area contributed by atoms with Crippen LogP contribution in [0.1, 0.15) is 23.4 Å². The SMILES string of the molecule is Cc1nn(-c2ccccc2)c(C)c1CNC(=O)C1CC(F)(F)CN1.Cl. The average molecular weight is 371 g/mol. The molecule has 0 bridgehead atoms. The predicted octanol–water partition coefficient (Wildman–Crippen LogP) is 2.52. The zero-order valence-electron chi connectivity index (χ0n) is 14.1. The molecule has 1 amide bonds. The molecule has 1 saturated heterocycles. The Morgan fingerprint density at radius 1 is 1.36 bits per heavy atom. The number of hydrogen-bond acceptors (Lipinski definition) is 3. The highest BCUT2D eigenvalue weighted by molar-refractivity contribution is 5.85. The van der Waals surface area contributed by atoms with Gasteiger partial charge < -0.3 is 5.32 Å². The summed E-state index contributed by atoms with van der Waals surface area (Å²) in [5.74, 6) is -3.22. The Balaban J connectivity index is 0.00000225. The van der Waals surface area contributed by atoms with E-state index in [0.717, 1.165) is 22.6 Å². The van der Waals surface area contributed by atoms with Crippen LogP contribution in [0, 0.1) is 13.8 Å². The molecule has 2 aromatic rings. The second-order valence-electron chi connectivity index (χ2n) is 6.11. The van der Waals surface area contributed by atoms with Crippen LogP contribution in [0.3, 0.4) is 0 Å². The maximum atomic E-state index is 13.2. The second kappa shape index (κ2) is 7.49. The molecule has 1 aliphatic heterocycles. The minimum atomic E-state index is -2.81. The van der Waals surface area contributed by atoms with Gasteiger partial charge in [0.15, 0.2) is 0 Å². The number of alkyl halides is 2. The van der Waals surface area contributed by atoms with Crippen LogP contribution in [0.2, 0.25) is 0 Å². The number of nitrogens with zero attached hydrogens (tertiary/aromatic N) is 2. The van der Waals surface area contributed by atoms with E-state index in [1.165, 1.54) is 0 Å². The molecule has 1 aromatic heterocycles. The fourth-order valence-electron chi connectivity index (χ4n) is 2.95. The number of carbonyl (C=O) groups is 1. The fraction of sp³-hybridized carbons (Fsp3) is 0.412. The number of aromatic nitrogens is 2. The van der Waals surface area contributed by atoms with Gasteiger partial charge in [-0.2, -0.15) is 5.10 Å². The normalized spacial score (nSPS) is 18.6. The molecule has 1 fully saturated rings. The van der Waals surface area contributed by atoms with Gasteiger partial charge in [0.05, 0.1) is 24.0 Å². The minimum Gasteiger partial charge on any atom is -0.351 e. The van der Waals surface area contributed by atoms with Crippen molar-refractivity contribution in [3.63, 3.8) is 0 Å². The van der Waals surface area contributed by atoms with Crippen molar-refractivity contribution < 1.29 is 13.6 Å². The van der Waals surface area contributed by atoms with E-state index in [4.69, 9.17) is 0 Å². The number of carbonyl (C=O) groups excluding carboxylic acids is 1. The topological polar surface area (TPSA) is 59.0 Å². The van der Waals surface area contributed by atoms with Crippen LogP contribution < -0.4 is 10.6 Å². The number of amides is 1. The number of nitrogens with one attached hydrogen (secondary N) is 2. The zero-order valence-corrected chi connectivity index (χ0v) is 14.9. The molecule has 136 valence electrons. The molecule has 0 spiro atoms. The lowest BCUT2D eigenvalue weighted by atomic mass is 10.1. The molecular weight excluding hydrogens is 350 g/mol. The van der Waals surface area contributed by atoms with Crippen LogP contribution in [0.25, 0.3) is 5.69 Å². The number of para-hydroxylation sites is 1. The van der Waals surface area contributed by atoms with Crippen LogP contribution in [0.5, 0.6) is 0 Å². The number of rotatable bonds is 4. The molecule has 0 radical (unpaired) electrons. The minimum absolute atomic E-state index is 0. The third kappa shape index (κ3) is 4.16. The van der Waals surface area contributed by atoms with Crippen LogP contribution in [-0.2, 0) is 11.3 Å². The van der Waals surface area contributed by atoms with Gasteiger partial charge in [-0.05, 0) is 26.0 Å². The first-order valence-electron chi connectivity index (χ1n) is 7.87. The summed E-state index contributed by atoms with van der Waals surface area (Å²) in [6.07, 6.45) is -0.458. The lowest BCUT2D eigenvalue weighted by molar-refractivity contribution is -0.123. The van der Waals surface area contributed by atoms with Gasteiger partial charge >= 0.3 is 0 Å². The third-order valence-corrected chi connectivity index (χ3v) is 4.31. The maximum Gasteiger partial charge on any atom is 0.262 e. The van der Waals surface area contributed by atoms with Gasteiger partial charge in [0.2, 0.25) is 5.91 Å². The molecule has 1 aliphatic rings. The molecule has 5 nitrogen and oxygen atoms in total. The molecular formula is C17H21ClF2N4O. The molecule has 25 heavy (non-hydrogen) atoms. The van der Waals surface area contributed by atoms with Crippen molar-refractivity contribution in [2.75, 3.05) is 6.54 Å². The van der Waals surface area contributed by atoms with Gasteiger partial charge in [-0.15, -0.1) is 12.4 Å². The molecule has 1 atom stereocenters. The van der Waals surface area contributed by atoms with E-state index in [-0.39, 0.29) is 19.0 Å². The number of halogens is 3. The van der Waals surface area contributed by atoms with Gasteiger partial charge in [0.25, 0.3) is 5.92 Å². The molecule has 3 rings (SSSR count). The average Bonchev–Trinajstić information content (AvgIpc) is 3.06. The lowest BCUT2D eigenvalue weighted by Crippen LogP contribution is -2.40. The van der Waals surface area contributed by atoms with Crippen LogP contribution in [-0.4, -0.2) is 34.2 Å².